The average molecular weight is 478 g/mol. The van der Waals surface area contributed by atoms with Gasteiger partial charge in [-0.3, -0.25) is 10.1 Å². The smallest absolute Gasteiger partial charge is 0.411 e. The van der Waals surface area contributed by atoms with E-state index in [4.69, 9.17) is 4.74 Å². The first-order valence-corrected chi connectivity index (χ1v) is 10.9. The van der Waals surface area contributed by atoms with Gasteiger partial charge in [-0.15, -0.1) is 0 Å². The molecule has 8 nitrogen and oxygen atoms in total. The van der Waals surface area contributed by atoms with Crippen molar-refractivity contribution in [2.24, 2.45) is 0 Å². The van der Waals surface area contributed by atoms with Crippen LogP contribution in [-0.4, -0.2) is 46.9 Å². The number of aliphatic hydroxyl groups excluding tert-OH is 1. The Labute approximate surface area is 200 Å². The van der Waals surface area contributed by atoms with Crippen molar-refractivity contribution in [2.75, 3.05) is 11.9 Å². The maximum Gasteiger partial charge on any atom is 0.411 e. The van der Waals surface area contributed by atoms with Crippen molar-refractivity contribution in [3.8, 4) is 11.1 Å². The van der Waals surface area contributed by atoms with E-state index in [1.54, 1.807) is 0 Å². The van der Waals surface area contributed by atoms with E-state index in [1.165, 1.54) is 13.0 Å². The molecule has 3 aromatic carbocycles. The number of aliphatic hydroxyl groups is 1. The summed E-state index contributed by atoms with van der Waals surface area (Å²) < 4.78 is 19.3. The van der Waals surface area contributed by atoms with E-state index in [0.29, 0.717) is 0 Å². The number of fused-ring (bicyclic) bond motifs is 3. The van der Waals surface area contributed by atoms with Crippen molar-refractivity contribution >= 4 is 23.7 Å². The predicted octanol–water partition coefficient (Wildman–Crippen LogP) is 3.75. The summed E-state index contributed by atoms with van der Waals surface area (Å²) in [5.41, 5.74) is 3.81. The fourth-order valence-electron chi connectivity index (χ4n) is 4.17. The highest BCUT2D eigenvalue weighted by molar-refractivity contribution is 6.04. The molecule has 1 aliphatic carbocycles. The summed E-state index contributed by atoms with van der Waals surface area (Å²) in [6, 6.07) is 17.1. The first-order valence-electron chi connectivity index (χ1n) is 10.9. The first kappa shape index (κ1) is 23.9. The molecule has 1 aliphatic rings. The SMILES string of the molecule is C[C@@H](O)[C@H](NC(=O)c1cc(F)ccc1NC(=O)OCC1c2ccccc2-c2ccccc21)C(=O)O. The molecule has 35 heavy (non-hydrogen) atoms. The van der Waals surface area contributed by atoms with Crippen LogP contribution in [0.25, 0.3) is 11.1 Å². The second-order valence-electron chi connectivity index (χ2n) is 8.17. The Morgan fingerprint density at radius 1 is 1.00 bits per heavy atom. The number of hydrogen-bond donors (Lipinski definition) is 4. The molecule has 0 bridgehead atoms. The molecular formula is C26H23FN2O6. The van der Waals surface area contributed by atoms with Crippen molar-refractivity contribution in [2.45, 2.75) is 25.0 Å². The van der Waals surface area contributed by atoms with Crippen molar-refractivity contribution in [1.29, 1.82) is 0 Å². The van der Waals surface area contributed by atoms with Crippen LogP contribution < -0.4 is 10.6 Å². The number of carboxylic acids is 1. The molecule has 0 saturated heterocycles. The predicted molar refractivity (Wildman–Crippen MR) is 126 cm³/mol. The number of amides is 2. The van der Waals surface area contributed by atoms with E-state index >= 15 is 0 Å². The van der Waals surface area contributed by atoms with Gasteiger partial charge in [0, 0.05) is 5.92 Å². The fourth-order valence-corrected chi connectivity index (χ4v) is 4.17. The number of aliphatic carboxylic acids is 1. The van der Waals surface area contributed by atoms with Gasteiger partial charge in [0.1, 0.15) is 12.4 Å². The van der Waals surface area contributed by atoms with Crippen LogP contribution in [0.1, 0.15) is 34.3 Å². The third-order valence-electron chi connectivity index (χ3n) is 5.84. The third-order valence-corrected chi connectivity index (χ3v) is 5.84. The average Bonchev–Trinajstić information content (AvgIpc) is 3.15. The van der Waals surface area contributed by atoms with Crippen molar-refractivity contribution in [3.63, 3.8) is 0 Å². The summed E-state index contributed by atoms with van der Waals surface area (Å²) in [5.74, 6) is -3.38. The lowest BCUT2D eigenvalue weighted by Gasteiger charge is -2.19. The van der Waals surface area contributed by atoms with Gasteiger partial charge in [-0.05, 0) is 47.4 Å². The van der Waals surface area contributed by atoms with Gasteiger partial charge >= 0.3 is 12.1 Å². The number of carbonyl (C=O) groups is 3. The summed E-state index contributed by atoms with van der Waals surface area (Å²) in [6.45, 7) is 1.23. The minimum atomic E-state index is -1.62. The summed E-state index contributed by atoms with van der Waals surface area (Å²) in [6.07, 6.45) is -2.26. The van der Waals surface area contributed by atoms with Crippen LogP contribution in [0.3, 0.4) is 0 Å². The van der Waals surface area contributed by atoms with E-state index in [9.17, 15) is 29.0 Å². The molecule has 2 atom stereocenters. The maximum absolute atomic E-state index is 13.8. The molecule has 2 amide bonds. The quantitative estimate of drug-likeness (QED) is 0.410. The fraction of sp³-hybridized carbons (Fsp3) is 0.192. The summed E-state index contributed by atoms with van der Waals surface area (Å²) in [4.78, 5) is 36.5. The lowest BCUT2D eigenvalue weighted by Crippen LogP contribution is -2.47. The van der Waals surface area contributed by atoms with Crippen molar-refractivity contribution in [3.05, 3.63) is 89.2 Å². The highest BCUT2D eigenvalue weighted by atomic mass is 19.1. The van der Waals surface area contributed by atoms with Crippen LogP contribution in [0, 0.1) is 5.82 Å². The van der Waals surface area contributed by atoms with E-state index < -0.39 is 35.9 Å². The molecule has 4 rings (SSSR count). The number of benzene rings is 3. The van der Waals surface area contributed by atoms with Gasteiger partial charge in [0.05, 0.1) is 17.4 Å². The number of hydrogen-bond acceptors (Lipinski definition) is 5. The molecule has 3 aromatic rings. The molecule has 9 heteroatoms. The molecule has 0 radical (unpaired) electrons. The number of anilines is 1. The van der Waals surface area contributed by atoms with E-state index in [0.717, 1.165) is 34.4 Å². The molecule has 0 aromatic heterocycles. The number of halogens is 1. The number of carboxylic acid groups (broad SMARTS) is 1. The Hall–Kier alpha value is -4.24. The largest absolute Gasteiger partial charge is 0.480 e. The summed E-state index contributed by atoms with van der Waals surface area (Å²) in [7, 11) is 0. The Morgan fingerprint density at radius 2 is 1.60 bits per heavy atom. The highest BCUT2D eigenvalue weighted by Crippen LogP contribution is 2.44. The molecular weight excluding hydrogens is 455 g/mol. The second-order valence-corrected chi connectivity index (χ2v) is 8.17. The van der Waals surface area contributed by atoms with E-state index in [2.05, 4.69) is 10.6 Å². The Kier molecular flexibility index (Phi) is 6.79. The van der Waals surface area contributed by atoms with Gasteiger partial charge in [0.25, 0.3) is 5.91 Å². The van der Waals surface area contributed by atoms with Gasteiger partial charge in [-0.1, -0.05) is 48.5 Å². The van der Waals surface area contributed by atoms with Crippen LogP contribution in [0.5, 0.6) is 0 Å². The summed E-state index contributed by atoms with van der Waals surface area (Å²) in [5, 5.41) is 23.3. The zero-order valence-electron chi connectivity index (χ0n) is 18.7. The molecule has 4 N–H and O–H groups in total. The Bertz CT molecular complexity index is 1250. The molecule has 0 heterocycles. The van der Waals surface area contributed by atoms with Gasteiger partial charge in [0.2, 0.25) is 0 Å². The lowest BCUT2D eigenvalue weighted by molar-refractivity contribution is -0.141. The maximum atomic E-state index is 13.8. The molecule has 0 saturated carbocycles. The van der Waals surface area contributed by atoms with Crippen LogP contribution in [0.15, 0.2) is 66.7 Å². The summed E-state index contributed by atoms with van der Waals surface area (Å²) >= 11 is 0. The third kappa shape index (κ3) is 4.99. The normalized spacial score (nSPS) is 13.8. The number of carbonyl (C=O) groups excluding carboxylic acids is 2. The Balaban J connectivity index is 1.49. The van der Waals surface area contributed by atoms with Crippen molar-refractivity contribution < 1.29 is 33.7 Å². The zero-order chi connectivity index (χ0) is 25.1. The highest BCUT2D eigenvalue weighted by Gasteiger charge is 2.30. The minimum absolute atomic E-state index is 0.0334. The number of nitrogens with one attached hydrogen (secondary N) is 2. The van der Waals surface area contributed by atoms with Crippen LogP contribution in [0.4, 0.5) is 14.9 Å². The molecule has 0 aliphatic heterocycles. The van der Waals surface area contributed by atoms with Crippen molar-refractivity contribution in [1.82, 2.24) is 5.32 Å². The standard InChI is InChI=1S/C26H23FN2O6/c1-14(30)23(25(32)33)29-24(31)20-12-15(27)10-11-22(20)28-26(34)35-13-21-18-8-4-2-6-16(18)17-7-3-5-9-19(17)21/h2-12,14,21,23,30H,13H2,1H3,(H,28,34)(H,29,31)(H,32,33)/t14-,23+/m1/s1. The van der Waals surface area contributed by atoms with Gasteiger partial charge in [-0.2, -0.15) is 0 Å². The molecule has 0 spiro atoms. The molecule has 180 valence electrons. The second kappa shape index (κ2) is 9.94. The van der Waals surface area contributed by atoms with Gasteiger partial charge in [-0.25, -0.2) is 14.0 Å². The van der Waals surface area contributed by atoms with E-state index in [-0.39, 0.29) is 23.8 Å². The zero-order valence-corrected chi connectivity index (χ0v) is 18.7. The lowest BCUT2D eigenvalue weighted by atomic mass is 9.98. The minimum Gasteiger partial charge on any atom is -0.480 e. The number of rotatable bonds is 7. The molecule has 0 unspecified atom stereocenters. The number of ether oxygens (including phenoxy) is 1. The molecule has 0 fully saturated rings. The van der Waals surface area contributed by atoms with Crippen LogP contribution in [-0.2, 0) is 9.53 Å². The van der Waals surface area contributed by atoms with Gasteiger partial charge in [0.15, 0.2) is 6.04 Å². The van der Waals surface area contributed by atoms with Crippen LogP contribution >= 0.6 is 0 Å². The van der Waals surface area contributed by atoms with Crippen LogP contribution in [0.2, 0.25) is 0 Å². The van der Waals surface area contributed by atoms with Gasteiger partial charge < -0.3 is 20.3 Å². The first-order chi connectivity index (χ1) is 16.8. The monoisotopic (exact) mass is 478 g/mol. The van der Waals surface area contributed by atoms with E-state index in [1.807, 2.05) is 48.5 Å². The Morgan fingerprint density at radius 3 is 2.17 bits per heavy atom. The topological polar surface area (TPSA) is 125 Å².